The SMILES string of the molecule is CCC(C)N(C(=O)c1ncn(-c2c(Cl)cccc2Cl)c1C(F)(F)F)C(C)CC. The Morgan fingerprint density at radius 2 is 1.64 bits per heavy atom. The van der Waals surface area contributed by atoms with Gasteiger partial charge in [-0.3, -0.25) is 9.36 Å². The minimum absolute atomic E-state index is 0.0232. The molecule has 0 aliphatic rings. The van der Waals surface area contributed by atoms with Crippen molar-refractivity contribution in [3.05, 3.63) is 46.0 Å². The van der Waals surface area contributed by atoms with E-state index in [0.29, 0.717) is 12.8 Å². The third kappa shape index (κ3) is 4.30. The average Bonchev–Trinajstić information content (AvgIpc) is 3.06. The van der Waals surface area contributed by atoms with Crippen LogP contribution in [0.1, 0.15) is 56.7 Å². The normalized spacial score (nSPS) is 14.0. The van der Waals surface area contributed by atoms with Gasteiger partial charge < -0.3 is 4.90 Å². The van der Waals surface area contributed by atoms with Gasteiger partial charge in [0.2, 0.25) is 0 Å². The molecule has 1 aromatic carbocycles. The summed E-state index contributed by atoms with van der Waals surface area (Å²) in [7, 11) is 0. The quantitative estimate of drug-likeness (QED) is 0.538. The van der Waals surface area contributed by atoms with E-state index < -0.39 is 23.5 Å². The Hall–Kier alpha value is -1.73. The van der Waals surface area contributed by atoms with Gasteiger partial charge in [0.05, 0.1) is 15.7 Å². The predicted octanol–water partition coefficient (Wildman–Crippen LogP) is 6.24. The number of amides is 1. The van der Waals surface area contributed by atoms with Crippen molar-refractivity contribution in [2.75, 3.05) is 0 Å². The summed E-state index contributed by atoms with van der Waals surface area (Å²) >= 11 is 12.2. The first kappa shape index (κ1) is 22.6. The Kier molecular flexibility index (Phi) is 7.04. The number of carbonyl (C=O) groups is 1. The Labute approximate surface area is 172 Å². The number of rotatable bonds is 6. The summed E-state index contributed by atoms with van der Waals surface area (Å²) in [5.74, 6) is -0.766. The number of aromatic nitrogens is 2. The number of halogens is 5. The Morgan fingerprint density at radius 3 is 2.07 bits per heavy atom. The first-order chi connectivity index (χ1) is 13.0. The van der Waals surface area contributed by atoms with Crippen LogP contribution in [0.2, 0.25) is 10.0 Å². The minimum Gasteiger partial charge on any atom is -0.332 e. The van der Waals surface area contributed by atoms with Gasteiger partial charge in [-0.2, -0.15) is 13.2 Å². The fraction of sp³-hybridized carbons (Fsp3) is 0.474. The summed E-state index contributed by atoms with van der Waals surface area (Å²) in [4.78, 5) is 18.4. The molecule has 0 aliphatic carbocycles. The molecule has 2 unspecified atom stereocenters. The van der Waals surface area contributed by atoms with Gasteiger partial charge in [0.15, 0.2) is 11.4 Å². The number of hydrogen-bond donors (Lipinski definition) is 0. The van der Waals surface area contributed by atoms with Crippen molar-refractivity contribution in [2.45, 2.75) is 58.8 Å². The molecule has 154 valence electrons. The molecule has 2 atom stereocenters. The van der Waals surface area contributed by atoms with Crippen LogP contribution in [0.5, 0.6) is 0 Å². The van der Waals surface area contributed by atoms with Crippen molar-refractivity contribution in [3.63, 3.8) is 0 Å². The Bertz CT molecular complexity index is 821. The van der Waals surface area contributed by atoms with Crippen molar-refractivity contribution in [3.8, 4) is 5.69 Å². The van der Waals surface area contributed by atoms with Crippen LogP contribution in [-0.4, -0.2) is 32.4 Å². The van der Waals surface area contributed by atoms with Gasteiger partial charge in [-0.25, -0.2) is 4.98 Å². The number of para-hydroxylation sites is 1. The van der Waals surface area contributed by atoms with Gasteiger partial charge in [0.25, 0.3) is 5.91 Å². The number of benzene rings is 1. The van der Waals surface area contributed by atoms with Crippen LogP contribution in [0.3, 0.4) is 0 Å². The molecule has 0 spiro atoms. The molecule has 1 amide bonds. The Morgan fingerprint density at radius 1 is 1.14 bits per heavy atom. The number of hydrogen-bond acceptors (Lipinski definition) is 2. The maximum Gasteiger partial charge on any atom is 0.434 e. The second kappa shape index (κ2) is 8.74. The Balaban J connectivity index is 2.70. The van der Waals surface area contributed by atoms with E-state index in [1.54, 1.807) is 13.8 Å². The van der Waals surface area contributed by atoms with Gasteiger partial charge in [-0.15, -0.1) is 0 Å². The molecule has 28 heavy (non-hydrogen) atoms. The fourth-order valence-corrected chi connectivity index (χ4v) is 3.59. The molecular formula is C19H22Cl2F3N3O. The van der Waals surface area contributed by atoms with E-state index in [1.807, 2.05) is 13.8 Å². The van der Waals surface area contributed by atoms with Gasteiger partial charge in [-0.05, 0) is 38.8 Å². The van der Waals surface area contributed by atoms with E-state index in [0.717, 1.165) is 10.9 Å². The third-order valence-electron chi connectivity index (χ3n) is 4.78. The lowest BCUT2D eigenvalue weighted by molar-refractivity contribution is -0.142. The molecule has 1 heterocycles. The highest BCUT2D eigenvalue weighted by Gasteiger charge is 2.43. The first-order valence-electron chi connectivity index (χ1n) is 8.96. The highest BCUT2D eigenvalue weighted by molar-refractivity contribution is 6.37. The van der Waals surface area contributed by atoms with Gasteiger partial charge in [-0.1, -0.05) is 43.1 Å². The van der Waals surface area contributed by atoms with E-state index >= 15 is 0 Å². The van der Waals surface area contributed by atoms with Crippen LogP contribution in [0.4, 0.5) is 13.2 Å². The molecule has 4 nitrogen and oxygen atoms in total. The van der Waals surface area contributed by atoms with Crippen LogP contribution in [0.25, 0.3) is 5.69 Å². The van der Waals surface area contributed by atoms with Gasteiger partial charge in [0.1, 0.15) is 6.33 Å². The summed E-state index contributed by atoms with van der Waals surface area (Å²) in [6.07, 6.45) is -2.68. The molecule has 0 radical (unpaired) electrons. The second-order valence-electron chi connectivity index (χ2n) is 6.61. The molecule has 9 heteroatoms. The van der Waals surface area contributed by atoms with Crippen molar-refractivity contribution in [2.24, 2.45) is 0 Å². The summed E-state index contributed by atoms with van der Waals surface area (Å²) in [6.45, 7) is 7.36. The minimum atomic E-state index is -4.83. The zero-order valence-corrected chi connectivity index (χ0v) is 17.5. The lowest BCUT2D eigenvalue weighted by atomic mass is 10.1. The van der Waals surface area contributed by atoms with E-state index in [9.17, 15) is 18.0 Å². The van der Waals surface area contributed by atoms with Crippen molar-refractivity contribution in [1.82, 2.24) is 14.5 Å². The summed E-state index contributed by atoms with van der Waals surface area (Å²) < 4.78 is 42.6. The highest BCUT2D eigenvalue weighted by Crippen LogP contribution is 2.38. The molecule has 0 saturated carbocycles. The molecule has 0 saturated heterocycles. The third-order valence-corrected chi connectivity index (χ3v) is 5.39. The lowest BCUT2D eigenvalue weighted by Gasteiger charge is -2.33. The molecule has 2 rings (SSSR count). The standard InChI is InChI=1S/C19H22Cl2F3N3O/c1-5-11(3)27(12(4)6-2)18(28)15-17(19(22,23)24)26(10-25-15)16-13(20)8-7-9-14(16)21/h7-12H,5-6H2,1-4H3. The smallest absolute Gasteiger partial charge is 0.332 e. The lowest BCUT2D eigenvalue weighted by Crippen LogP contribution is -2.45. The zero-order chi connectivity index (χ0) is 21.2. The maximum atomic E-state index is 14.0. The van der Waals surface area contributed by atoms with Crippen LogP contribution in [0, 0.1) is 0 Å². The molecular weight excluding hydrogens is 414 g/mol. The highest BCUT2D eigenvalue weighted by atomic mass is 35.5. The van der Waals surface area contributed by atoms with Gasteiger partial charge in [0, 0.05) is 12.1 Å². The predicted molar refractivity (Wildman–Crippen MR) is 104 cm³/mol. The molecule has 0 bridgehead atoms. The molecule has 0 fully saturated rings. The van der Waals surface area contributed by atoms with Crippen LogP contribution >= 0.6 is 23.2 Å². The van der Waals surface area contributed by atoms with Crippen molar-refractivity contribution >= 4 is 29.1 Å². The zero-order valence-electron chi connectivity index (χ0n) is 16.0. The summed E-state index contributed by atoms with van der Waals surface area (Å²) in [6, 6.07) is 3.90. The largest absolute Gasteiger partial charge is 0.434 e. The molecule has 0 aliphatic heterocycles. The number of alkyl halides is 3. The van der Waals surface area contributed by atoms with Crippen LogP contribution < -0.4 is 0 Å². The molecule has 1 aromatic heterocycles. The summed E-state index contributed by atoms with van der Waals surface area (Å²) in [5.41, 5.74) is -1.92. The molecule has 0 N–H and O–H groups in total. The van der Waals surface area contributed by atoms with E-state index in [2.05, 4.69) is 4.98 Å². The average molecular weight is 436 g/mol. The van der Waals surface area contributed by atoms with E-state index in [-0.39, 0.29) is 27.8 Å². The van der Waals surface area contributed by atoms with Crippen LogP contribution in [0.15, 0.2) is 24.5 Å². The monoisotopic (exact) mass is 435 g/mol. The number of nitrogens with zero attached hydrogens (tertiary/aromatic N) is 3. The van der Waals surface area contributed by atoms with E-state index in [1.165, 1.54) is 23.1 Å². The van der Waals surface area contributed by atoms with Gasteiger partial charge >= 0.3 is 6.18 Å². The number of carbonyl (C=O) groups excluding carboxylic acids is 1. The molecule has 2 aromatic rings. The fourth-order valence-electron chi connectivity index (χ4n) is 3.01. The van der Waals surface area contributed by atoms with Crippen molar-refractivity contribution in [1.29, 1.82) is 0 Å². The summed E-state index contributed by atoms with van der Waals surface area (Å²) in [5, 5.41) is 0.0465. The maximum absolute atomic E-state index is 14.0. The van der Waals surface area contributed by atoms with Crippen molar-refractivity contribution < 1.29 is 18.0 Å². The second-order valence-corrected chi connectivity index (χ2v) is 7.42. The van der Waals surface area contributed by atoms with Crippen LogP contribution in [-0.2, 0) is 6.18 Å². The topological polar surface area (TPSA) is 38.1 Å². The number of imidazole rings is 1. The first-order valence-corrected chi connectivity index (χ1v) is 9.71. The van der Waals surface area contributed by atoms with E-state index in [4.69, 9.17) is 23.2 Å².